The summed E-state index contributed by atoms with van der Waals surface area (Å²) in [6.07, 6.45) is 3.81. The lowest BCUT2D eigenvalue weighted by Gasteiger charge is -2.29. The van der Waals surface area contributed by atoms with E-state index in [0.29, 0.717) is 17.4 Å². The van der Waals surface area contributed by atoms with E-state index in [4.69, 9.17) is 0 Å². The molecule has 2 unspecified atom stereocenters. The van der Waals surface area contributed by atoms with Crippen molar-refractivity contribution in [1.29, 1.82) is 0 Å². The van der Waals surface area contributed by atoms with Gasteiger partial charge in [0.05, 0.1) is 0 Å². The summed E-state index contributed by atoms with van der Waals surface area (Å²) in [6.45, 7) is 9.36. The van der Waals surface area contributed by atoms with Crippen LogP contribution in [0.3, 0.4) is 0 Å². The molecule has 0 spiro atoms. The van der Waals surface area contributed by atoms with Crippen LogP contribution in [0.1, 0.15) is 50.7 Å². The summed E-state index contributed by atoms with van der Waals surface area (Å²) in [7, 11) is 2.21. The predicted octanol–water partition coefficient (Wildman–Crippen LogP) is 3.56. The van der Waals surface area contributed by atoms with Gasteiger partial charge in [0.25, 0.3) is 0 Å². The largest absolute Gasteiger partial charge is 0.374 e. The van der Waals surface area contributed by atoms with Crippen LogP contribution in [0.15, 0.2) is 18.2 Å². The van der Waals surface area contributed by atoms with E-state index in [1.807, 2.05) is 0 Å². The van der Waals surface area contributed by atoms with Gasteiger partial charge in [-0.1, -0.05) is 32.9 Å². The monoisotopic (exact) mass is 272 g/mol. The van der Waals surface area contributed by atoms with E-state index >= 15 is 0 Å². The summed E-state index contributed by atoms with van der Waals surface area (Å²) in [6, 6.07) is 7.82. The molecule has 1 fully saturated rings. The molecule has 1 saturated heterocycles. The molecule has 110 valence electrons. The molecule has 2 nitrogen and oxygen atoms in total. The summed E-state index contributed by atoms with van der Waals surface area (Å²) >= 11 is 0. The lowest BCUT2D eigenvalue weighted by molar-refractivity contribution is 0.293. The summed E-state index contributed by atoms with van der Waals surface area (Å²) in [5.41, 5.74) is 4.90. The van der Waals surface area contributed by atoms with E-state index < -0.39 is 0 Å². The average molecular weight is 272 g/mol. The quantitative estimate of drug-likeness (QED) is 0.841. The van der Waals surface area contributed by atoms with Gasteiger partial charge in [-0.05, 0) is 47.8 Å². The molecule has 0 aliphatic carbocycles. The van der Waals surface area contributed by atoms with Gasteiger partial charge in [-0.3, -0.25) is 0 Å². The first-order valence-electron chi connectivity index (χ1n) is 8.02. The molecule has 20 heavy (non-hydrogen) atoms. The molecular weight excluding hydrogens is 244 g/mol. The zero-order valence-corrected chi connectivity index (χ0v) is 13.4. The number of rotatable bonds is 1. The Kier molecular flexibility index (Phi) is 3.53. The molecule has 2 aliphatic rings. The highest BCUT2D eigenvalue weighted by molar-refractivity contribution is 5.56. The van der Waals surface area contributed by atoms with Crippen molar-refractivity contribution in [3.05, 3.63) is 29.3 Å². The van der Waals surface area contributed by atoms with E-state index in [9.17, 15) is 0 Å². The van der Waals surface area contributed by atoms with E-state index in [1.165, 1.54) is 31.5 Å². The number of hydrogen-bond acceptors (Lipinski definition) is 2. The van der Waals surface area contributed by atoms with E-state index in [-0.39, 0.29) is 0 Å². The Balaban J connectivity index is 1.79. The lowest BCUT2D eigenvalue weighted by Crippen LogP contribution is -2.34. The summed E-state index contributed by atoms with van der Waals surface area (Å²) in [5.74, 6) is 0.691. The maximum atomic E-state index is 3.72. The van der Waals surface area contributed by atoms with Crippen LogP contribution >= 0.6 is 0 Å². The molecule has 2 atom stereocenters. The highest BCUT2D eigenvalue weighted by Crippen LogP contribution is 2.36. The Labute approximate surface area is 123 Å². The van der Waals surface area contributed by atoms with Gasteiger partial charge in [0.1, 0.15) is 0 Å². The number of hydrogen-bond donors (Lipinski definition) is 1. The SMILES string of the molecule is CN1CCCc2cc(C3CNC(C(C)(C)C)C3)ccc21. The molecule has 0 bridgehead atoms. The van der Waals surface area contributed by atoms with Gasteiger partial charge >= 0.3 is 0 Å². The van der Waals surface area contributed by atoms with Crippen molar-refractivity contribution in [3.8, 4) is 0 Å². The van der Waals surface area contributed by atoms with Crippen molar-refractivity contribution in [1.82, 2.24) is 5.32 Å². The number of fused-ring (bicyclic) bond motifs is 1. The van der Waals surface area contributed by atoms with Crippen molar-refractivity contribution < 1.29 is 0 Å². The zero-order chi connectivity index (χ0) is 14.3. The molecule has 3 rings (SSSR count). The third-order valence-electron chi connectivity index (χ3n) is 5.10. The maximum absolute atomic E-state index is 3.72. The third-order valence-corrected chi connectivity index (χ3v) is 5.10. The fourth-order valence-electron chi connectivity index (χ4n) is 3.71. The topological polar surface area (TPSA) is 15.3 Å². The highest BCUT2D eigenvalue weighted by atomic mass is 15.1. The first-order valence-corrected chi connectivity index (χ1v) is 8.02. The molecule has 2 aliphatic heterocycles. The minimum atomic E-state index is 0.364. The number of aryl methyl sites for hydroxylation is 1. The van der Waals surface area contributed by atoms with Crippen LogP contribution in [-0.2, 0) is 6.42 Å². The van der Waals surface area contributed by atoms with Crippen molar-refractivity contribution >= 4 is 5.69 Å². The second kappa shape index (κ2) is 5.07. The van der Waals surface area contributed by atoms with Gasteiger partial charge in [0.2, 0.25) is 0 Å². The number of nitrogens with zero attached hydrogens (tertiary/aromatic N) is 1. The molecule has 0 aromatic heterocycles. The summed E-state index contributed by atoms with van der Waals surface area (Å²) < 4.78 is 0. The second-order valence-electron chi connectivity index (χ2n) is 7.67. The molecule has 0 saturated carbocycles. The molecule has 1 aromatic carbocycles. The minimum absolute atomic E-state index is 0.364. The Morgan fingerprint density at radius 3 is 2.75 bits per heavy atom. The third kappa shape index (κ3) is 2.58. The van der Waals surface area contributed by atoms with E-state index in [0.717, 1.165) is 6.54 Å². The van der Waals surface area contributed by atoms with Crippen molar-refractivity contribution in [2.75, 3.05) is 25.0 Å². The standard InChI is InChI=1S/C18H28N2/c1-18(2,3)17-11-15(12-19-17)13-7-8-16-14(10-13)6-5-9-20(16)4/h7-8,10,15,17,19H,5-6,9,11-12H2,1-4H3. The van der Waals surface area contributed by atoms with Crippen molar-refractivity contribution in [2.24, 2.45) is 5.41 Å². The Morgan fingerprint density at radius 1 is 1.25 bits per heavy atom. The van der Waals surface area contributed by atoms with Gasteiger partial charge in [-0.2, -0.15) is 0 Å². The smallest absolute Gasteiger partial charge is 0.0396 e. The first-order chi connectivity index (χ1) is 9.45. The van der Waals surface area contributed by atoms with Crippen LogP contribution in [0.4, 0.5) is 5.69 Å². The minimum Gasteiger partial charge on any atom is -0.374 e. The maximum Gasteiger partial charge on any atom is 0.0396 e. The number of nitrogens with one attached hydrogen (secondary N) is 1. The van der Waals surface area contributed by atoms with E-state index in [1.54, 1.807) is 11.1 Å². The van der Waals surface area contributed by atoms with Gasteiger partial charge in [-0.25, -0.2) is 0 Å². The van der Waals surface area contributed by atoms with Crippen LogP contribution in [0.5, 0.6) is 0 Å². The number of benzene rings is 1. The number of anilines is 1. The fourth-order valence-corrected chi connectivity index (χ4v) is 3.71. The van der Waals surface area contributed by atoms with Crippen LogP contribution in [0, 0.1) is 5.41 Å². The molecule has 2 heterocycles. The van der Waals surface area contributed by atoms with Crippen LogP contribution in [0.2, 0.25) is 0 Å². The Morgan fingerprint density at radius 2 is 2.05 bits per heavy atom. The predicted molar refractivity (Wildman–Crippen MR) is 86.6 cm³/mol. The van der Waals surface area contributed by atoms with Crippen molar-refractivity contribution in [2.45, 2.75) is 52.0 Å². The summed E-state index contributed by atoms with van der Waals surface area (Å²) in [4.78, 5) is 2.40. The van der Waals surface area contributed by atoms with Gasteiger partial charge in [0.15, 0.2) is 0 Å². The van der Waals surface area contributed by atoms with Crippen LogP contribution < -0.4 is 10.2 Å². The Hall–Kier alpha value is -1.02. The summed E-state index contributed by atoms with van der Waals surface area (Å²) in [5, 5.41) is 3.72. The normalized spacial score (nSPS) is 26.7. The first kappa shape index (κ1) is 13.9. The van der Waals surface area contributed by atoms with Gasteiger partial charge < -0.3 is 10.2 Å². The second-order valence-corrected chi connectivity index (χ2v) is 7.67. The lowest BCUT2D eigenvalue weighted by atomic mass is 9.82. The van der Waals surface area contributed by atoms with E-state index in [2.05, 4.69) is 56.2 Å². The molecule has 0 radical (unpaired) electrons. The van der Waals surface area contributed by atoms with Gasteiger partial charge in [-0.15, -0.1) is 0 Å². The molecule has 1 aromatic rings. The highest BCUT2D eigenvalue weighted by Gasteiger charge is 2.33. The molecule has 0 amide bonds. The van der Waals surface area contributed by atoms with Crippen LogP contribution in [0.25, 0.3) is 0 Å². The van der Waals surface area contributed by atoms with Crippen LogP contribution in [-0.4, -0.2) is 26.2 Å². The molecular formula is C18H28N2. The Bertz CT molecular complexity index is 487. The molecule has 1 N–H and O–H groups in total. The fraction of sp³-hybridized carbons (Fsp3) is 0.667. The zero-order valence-electron chi connectivity index (χ0n) is 13.4. The van der Waals surface area contributed by atoms with Crippen molar-refractivity contribution in [3.63, 3.8) is 0 Å². The van der Waals surface area contributed by atoms with Gasteiger partial charge in [0, 0.05) is 31.9 Å². The molecule has 2 heteroatoms. The average Bonchev–Trinajstić information content (AvgIpc) is 2.88.